The zero-order valence-electron chi connectivity index (χ0n) is 16.1. The van der Waals surface area contributed by atoms with Crippen molar-refractivity contribution in [1.82, 2.24) is 9.78 Å². The first-order valence-electron chi connectivity index (χ1n) is 8.61. The molecule has 3 aromatic rings. The highest BCUT2D eigenvalue weighted by Crippen LogP contribution is 2.34. The molecule has 1 aromatic heterocycles. The van der Waals surface area contributed by atoms with E-state index in [9.17, 15) is 17.6 Å². The number of nitrogen functional groups attached to an aromatic ring is 1. The van der Waals surface area contributed by atoms with E-state index in [1.165, 1.54) is 7.11 Å². The van der Waals surface area contributed by atoms with E-state index in [-0.39, 0.29) is 27.2 Å². The molecule has 8 nitrogen and oxygen atoms in total. The molecule has 0 aliphatic heterocycles. The van der Waals surface area contributed by atoms with Gasteiger partial charge in [-0.25, -0.2) is 17.5 Å². The predicted octanol–water partition coefficient (Wildman–Crippen LogP) is 2.81. The van der Waals surface area contributed by atoms with Crippen LogP contribution >= 0.6 is 11.8 Å². The van der Waals surface area contributed by atoms with Gasteiger partial charge in [0.05, 0.1) is 12.0 Å². The van der Waals surface area contributed by atoms with Crippen LogP contribution in [0.15, 0.2) is 63.3 Å². The Hall–Kier alpha value is -3.05. The minimum absolute atomic E-state index is 0.119. The van der Waals surface area contributed by atoms with Crippen LogP contribution in [0.5, 0.6) is 5.75 Å². The molecule has 1 heterocycles. The van der Waals surface area contributed by atoms with Gasteiger partial charge >= 0.3 is 0 Å². The highest BCUT2D eigenvalue weighted by molar-refractivity contribution is 7.99. The number of sulfone groups is 1. The summed E-state index contributed by atoms with van der Waals surface area (Å²) in [5.41, 5.74) is 6.56. The number of hydrogen-bond acceptors (Lipinski definition) is 7. The van der Waals surface area contributed by atoms with E-state index in [4.69, 9.17) is 10.5 Å². The molecule has 158 valence electrons. The largest absolute Gasteiger partial charge is 0.497 e. The fraction of sp³-hybridized carbons (Fsp3) is 0.158. The van der Waals surface area contributed by atoms with Crippen molar-refractivity contribution in [3.63, 3.8) is 0 Å². The third kappa shape index (κ3) is 4.41. The zero-order chi connectivity index (χ0) is 21.9. The highest BCUT2D eigenvalue weighted by atomic mass is 32.2. The number of rotatable bonds is 7. The molecule has 0 saturated carbocycles. The normalized spacial score (nSPS) is 11.3. The summed E-state index contributed by atoms with van der Waals surface area (Å²) < 4.78 is 45.5. The summed E-state index contributed by atoms with van der Waals surface area (Å²) in [4.78, 5) is 12.1. The smallest absolute Gasteiger partial charge is 0.246 e. The third-order valence-electron chi connectivity index (χ3n) is 4.15. The molecule has 1 amide bonds. The van der Waals surface area contributed by atoms with Crippen LogP contribution in [0.1, 0.15) is 0 Å². The Labute approximate surface area is 177 Å². The molecule has 0 aliphatic carbocycles. The van der Waals surface area contributed by atoms with Crippen molar-refractivity contribution in [3.05, 3.63) is 54.3 Å². The summed E-state index contributed by atoms with van der Waals surface area (Å²) in [6, 6.07) is 11.2. The zero-order valence-corrected chi connectivity index (χ0v) is 17.8. The maximum atomic E-state index is 13.2. The van der Waals surface area contributed by atoms with Gasteiger partial charge in [0.2, 0.25) is 15.7 Å². The van der Waals surface area contributed by atoms with Crippen molar-refractivity contribution in [3.8, 4) is 5.75 Å². The highest BCUT2D eigenvalue weighted by Gasteiger charge is 2.29. The number of thioether (sulfide) groups is 1. The number of halogens is 1. The average Bonchev–Trinajstić information content (AvgIpc) is 3.04. The van der Waals surface area contributed by atoms with Crippen LogP contribution in [0.2, 0.25) is 0 Å². The van der Waals surface area contributed by atoms with Crippen LogP contribution in [-0.4, -0.2) is 37.5 Å². The van der Waals surface area contributed by atoms with Gasteiger partial charge in [0.25, 0.3) is 0 Å². The quantitative estimate of drug-likeness (QED) is 0.420. The van der Waals surface area contributed by atoms with E-state index in [0.717, 1.165) is 40.7 Å². The number of nitrogens with one attached hydrogen (secondary N) is 1. The van der Waals surface area contributed by atoms with E-state index < -0.39 is 21.6 Å². The number of hydrogen-bond donors (Lipinski definition) is 2. The van der Waals surface area contributed by atoms with Gasteiger partial charge in [-0.05, 0) is 42.7 Å². The van der Waals surface area contributed by atoms with Crippen LogP contribution in [0, 0.1) is 5.82 Å². The van der Waals surface area contributed by atoms with Crippen LogP contribution in [0.25, 0.3) is 0 Å². The first-order chi connectivity index (χ1) is 14.3. The van der Waals surface area contributed by atoms with Crippen molar-refractivity contribution in [1.29, 1.82) is 0 Å². The lowest BCUT2D eigenvalue weighted by atomic mass is 10.3. The number of ether oxygens (including phenoxy) is 1. The van der Waals surface area contributed by atoms with E-state index in [0.29, 0.717) is 11.4 Å². The Morgan fingerprint density at radius 1 is 1.27 bits per heavy atom. The Bertz CT molecular complexity index is 1180. The summed E-state index contributed by atoms with van der Waals surface area (Å²) >= 11 is 1.08. The molecule has 0 fully saturated rings. The number of nitrogens with two attached hydrogens (primary N) is 1. The number of nitrogens with zero attached hydrogens (tertiary/aromatic N) is 2. The number of benzene rings is 2. The number of carbonyl (C=O) groups excluding carboxylic acids is 1. The molecular weight excluding hydrogens is 431 g/mol. The fourth-order valence-electron chi connectivity index (χ4n) is 2.71. The predicted molar refractivity (Wildman–Crippen MR) is 112 cm³/mol. The van der Waals surface area contributed by atoms with Crippen LogP contribution in [0.3, 0.4) is 0 Å². The van der Waals surface area contributed by atoms with Gasteiger partial charge in [-0.1, -0.05) is 6.07 Å². The molecule has 0 radical (unpaired) electrons. The molecule has 3 N–H and O–H groups in total. The van der Waals surface area contributed by atoms with Crippen LogP contribution in [-0.2, 0) is 21.2 Å². The van der Waals surface area contributed by atoms with Crippen molar-refractivity contribution in [2.75, 3.05) is 24.4 Å². The number of methoxy groups -OCH3 is 1. The first-order valence-corrected chi connectivity index (χ1v) is 11.3. The molecule has 0 saturated heterocycles. The molecule has 0 spiro atoms. The van der Waals surface area contributed by atoms with Gasteiger partial charge in [0, 0.05) is 11.8 Å². The molecule has 2 aromatic carbocycles. The summed E-state index contributed by atoms with van der Waals surface area (Å²) in [7, 11) is -2.54. The lowest BCUT2D eigenvalue weighted by Crippen LogP contribution is -2.21. The van der Waals surface area contributed by atoms with E-state index in [2.05, 4.69) is 10.4 Å². The van der Waals surface area contributed by atoms with Crippen molar-refractivity contribution in [2.24, 2.45) is 0 Å². The summed E-state index contributed by atoms with van der Waals surface area (Å²) in [5.74, 6) is -0.610. The number of anilines is 2. The van der Waals surface area contributed by atoms with Crippen LogP contribution in [0.4, 0.5) is 15.9 Å². The second kappa shape index (κ2) is 8.76. The monoisotopic (exact) mass is 450 g/mol. The number of aromatic nitrogens is 2. The Kier molecular flexibility index (Phi) is 6.32. The minimum atomic E-state index is -4.06. The molecule has 0 atom stereocenters. The molecule has 3 rings (SSSR count). The molecule has 11 heteroatoms. The Balaban J connectivity index is 1.89. The van der Waals surface area contributed by atoms with Gasteiger partial charge in [-0.15, -0.1) is 11.8 Å². The topological polar surface area (TPSA) is 116 Å². The van der Waals surface area contributed by atoms with E-state index in [1.54, 1.807) is 30.5 Å². The summed E-state index contributed by atoms with van der Waals surface area (Å²) in [6.07, 6.45) is 1.64. The van der Waals surface area contributed by atoms with E-state index >= 15 is 0 Å². The average molecular weight is 451 g/mol. The molecule has 0 bridgehead atoms. The Morgan fingerprint density at radius 3 is 2.60 bits per heavy atom. The van der Waals surface area contributed by atoms with E-state index in [1.807, 2.05) is 0 Å². The third-order valence-corrected chi connectivity index (χ3v) is 6.78. The van der Waals surface area contributed by atoms with Gasteiger partial charge in [-0.2, -0.15) is 5.10 Å². The lowest BCUT2D eigenvalue weighted by molar-refractivity contribution is -0.116. The summed E-state index contributed by atoms with van der Waals surface area (Å²) in [6.45, 7) is -0.296. The van der Waals surface area contributed by atoms with Crippen molar-refractivity contribution >= 4 is 39.0 Å². The number of amides is 1. The second-order valence-electron chi connectivity index (χ2n) is 6.12. The molecule has 0 unspecified atom stereocenters. The maximum absolute atomic E-state index is 13.2. The fourth-order valence-corrected chi connectivity index (χ4v) is 5.14. The summed E-state index contributed by atoms with van der Waals surface area (Å²) in [5, 5.41) is 7.00. The minimum Gasteiger partial charge on any atom is -0.497 e. The Morgan fingerprint density at radius 2 is 1.97 bits per heavy atom. The lowest BCUT2D eigenvalue weighted by Gasteiger charge is -2.08. The molecule has 0 aliphatic rings. The second-order valence-corrected chi connectivity index (χ2v) is 8.80. The van der Waals surface area contributed by atoms with Crippen molar-refractivity contribution in [2.45, 2.75) is 21.4 Å². The maximum Gasteiger partial charge on any atom is 0.246 e. The van der Waals surface area contributed by atoms with Gasteiger partial charge in [0.15, 0.2) is 0 Å². The van der Waals surface area contributed by atoms with Gasteiger partial charge in [-0.3, -0.25) is 4.79 Å². The standard InChI is InChI=1S/C19H19FN4O4S2/c1-28-14-5-3-4-13(10-14)22-16(25)11-24-18(21)17(19(23-24)29-2)30(26,27)15-8-6-12(20)7-9-15/h3-10H,11,21H2,1-2H3,(H,22,25). The van der Waals surface area contributed by atoms with Gasteiger partial charge < -0.3 is 15.8 Å². The first kappa shape index (κ1) is 21.7. The molecular formula is C19H19FN4O4S2. The SMILES string of the molecule is COc1cccc(NC(=O)Cn2nc(SC)c(S(=O)(=O)c3ccc(F)cc3)c2N)c1. The van der Waals surface area contributed by atoms with Crippen molar-refractivity contribution < 1.29 is 22.3 Å². The number of carbonyl (C=O) groups is 1. The van der Waals surface area contributed by atoms with Crippen LogP contribution < -0.4 is 15.8 Å². The van der Waals surface area contributed by atoms with Gasteiger partial charge in [0.1, 0.15) is 33.9 Å². The molecule has 30 heavy (non-hydrogen) atoms.